The molecule has 0 bridgehead atoms. The molecule has 1 unspecified atom stereocenters. The lowest BCUT2D eigenvalue weighted by atomic mass is 9.98. The Morgan fingerprint density at radius 2 is 2.29 bits per heavy atom. The number of aromatic nitrogens is 1. The molecule has 14 heavy (non-hydrogen) atoms. The van der Waals surface area contributed by atoms with Gasteiger partial charge in [-0.2, -0.15) is 0 Å². The van der Waals surface area contributed by atoms with E-state index in [0.29, 0.717) is 5.92 Å². The van der Waals surface area contributed by atoms with Gasteiger partial charge in [-0.3, -0.25) is 4.98 Å². The molecule has 2 nitrogen and oxygen atoms in total. The van der Waals surface area contributed by atoms with Crippen LogP contribution in [0.15, 0.2) is 47.3 Å². The van der Waals surface area contributed by atoms with Crippen molar-refractivity contribution < 1.29 is 4.42 Å². The second-order valence-electron chi connectivity index (χ2n) is 3.47. The largest absolute Gasteiger partial charge is 0.469 e. The van der Waals surface area contributed by atoms with Gasteiger partial charge in [0.2, 0.25) is 0 Å². The van der Waals surface area contributed by atoms with Gasteiger partial charge in [-0.25, -0.2) is 0 Å². The second kappa shape index (κ2) is 4.09. The van der Waals surface area contributed by atoms with Crippen LogP contribution in [0.2, 0.25) is 0 Å². The van der Waals surface area contributed by atoms with Gasteiger partial charge in [0.1, 0.15) is 5.76 Å². The molecule has 2 aromatic rings. The Hall–Kier alpha value is -1.57. The summed E-state index contributed by atoms with van der Waals surface area (Å²) in [5, 5.41) is 0. The minimum atomic E-state index is 0.454. The Kier molecular flexibility index (Phi) is 2.63. The van der Waals surface area contributed by atoms with E-state index in [2.05, 4.69) is 18.0 Å². The summed E-state index contributed by atoms with van der Waals surface area (Å²) in [5.41, 5.74) is 1.25. The van der Waals surface area contributed by atoms with Gasteiger partial charge in [0, 0.05) is 18.8 Å². The Bertz CT molecular complexity index is 366. The number of hydrogen-bond acceptors (Lipinski definition) is 2. The Labute approximate surface area is 83.6 Å². The van der Waals surface area contributed by atoms with Gasteiger partial charge in [0.15, 0.2) is 0 Å². The van der Waals surface area contributed by atoms with Gasteiger partial charge < -0.3 is 4.42 Å². The van der Waals surface area contributed by atoms with Crippen LogP contribution < -0.4 is 0 Å². The molecule has 0 amide bonds. The number of pyridine rings is 1. The van der Waals surface area contributed by atoms with E-state index in [-0.39, 0.29) is 0 Å². The molecule has 1 atom stereocenters. The van der Waals surface area contributed by atoms with Crippen molar-refractivity contribution >= 4 is 0 Å². The molecular weight excluding hydrogens is 174 g/mol. The molecule has 0 N–H and O–H groups in total. The summed E-state index contributed by atoms with van der Waals surface area (Å²) in [7, 11) is 0. The molecule has 2 aromatic heterocycles. The highest BCUT2D eigenvalue weighted by Gasteiger charge is 2.07. The van der Waals surface area contributed by atoms with Crippen LogP contribution in [0.3, 0.4) is 0 Å². The number of nitrogens with zero attached hydrogens (tertiary/aromatic N) is 1. The summed E-state index contributed by atoms with van der Waals surface area (Å²) >= 11 is 0. The van der Waals surface area contributed by atoms with Crippen molar-refractivity contribution in [2.75, 3.05) is 0 Å². The summed E-state index contributed by atoms with van der Waals surface area (Å²) in [6.07, 6.45) is 6.35. The standard InChI is InChI=1S/C12H13NO/c1-10(8-12-5-3-7-14-12)11-4-2-6-13-9-11/h2-7,9-10H,8H2,1H3. The van der Waals surface area contributed by atoms with E-state index in [0.717, 1.165) is 12.2 Å². The van der Waals surface area contributed by atoms with Gasteiger partial charge in [-0.1, -0.05) is 13.0 Å². The van der Waals surface area contributed by atoms with E-state index < -0.39 is 0 Å². The summed E-state index contributed by atoms with van der Waals surface area (Å²) < 4.78 is 5.31. The minimum Gasteiger partial charge on any atom is -0.469 e. The smallest absolute Gasteiger partial charge is 0.104 e. The van der Waals surface area contributed by atoms with Crippen LogP contribution in [0.25, 0.3) is 0 Å². The van der Waals surface area contributed by atoms with Gasteiger partial charge in [0.25, 0.3) is 0 Å². The summed E-state index contributed by atoms with van der Waals surface area (Å²) in [4.78, 5) is 4.10. The fourth-order valence-electron chi connectivity index (χ4n) is 1.52. The van der Waals surface area contributed by atoms with Crippen LogP contribution in [-0.4, -0.2) is 4.98 Å². The molecule has 0 aliphatic rings. The quantitative estimate of drug-likeness (QED) is 0.738. The number of hydrogen-bond donors (Lipinski definition) is 0. The second-order valence-corrected chi connectivity index (χ2v) is 3.47. The minimum absolute atomic E-state index is 0.454. The predicted octanol–water partition coefficient (Wildman–Crippen LogP) is 3.02. The number of rotatable bonds is 3. The highest BCUT2D eigenvalue weighted by molar-refractivity contribution is 5.16. The summed E-state index contributed by atoms with van der Waals surface area (Å²) in [6.45, 7) is 2.18. The molecule has 0 spiro atoms. The maximum atomic E-state index is 5.31. The van der Waals surface area contributed by atoms with Crippen molar-refractivity contribution in [3.8, 4) is 0 Å². The first-order valence-electron chi connectivity index (χ1n) is 4.78. The average molecular weight is 187 g/mol. The Morgan fingerprint density at radius 3 is 2.93 bits per heavy atom. The first-order chi connectivity index (χ1) is 6.86. The van der Waals surface area contributed by atoms with Gasteiger partial charge in [-0.05, 0) is 29.7 Å². The predicted molar refractivity (Wildman–Crippen MR) is 55.1 cm³/mol. The van der Waals surface area contributed by atoms with Crippen LogP contribution in [0.1, 0.15) is 24.2 Å². The molecule has 0 fully saturated rings. The zero-order chi connectivity index (χ0) is 9.80. The highest BCUT2D eigenvalue weighted by atomic mass is 16.3. The van der Waals surface area contributed by atoms with E-state index >= 15 is 0 Å². The lowest BCUT2D eigenvalue weighted by Crippen LogP contribution is -1.97. The number of furan rings is 1. The van der Waals surface area contributed by atoms with Crippen molar-refractivity contribution in [2.45, 2.75) is 19.3 Å². The Balaban J connectivity index is 2.07. The third-order valence-electron chi connectivity index (χ3n) is 2.34. The van der Waals surface area contributed by atoms with E-state index in [4.69, 9.17) is 4.42 Å². The maximum Gasteiger partial charge on any atom is 0.104 e. The van der Waals surface area contributed by atoms with Gasteiger partial charge >= 0.3 is 0 Å². The monoisotopic (exact) mass is 187 g/mol. The van der Waals surface area contributed by atoms with Crippen molar-refractivity contribution in [3.63, 3.8) is 0 Å². The summed E-state index contributed by atoms with van der Waals surface area (Å²) in [5.74, 6) is 1.48. The molecule has 2 rings (SSSR count). The molecule has 0 aliphatic carbocycles. The fraction of sp³-hybridized carbons (Fsp3) is 0.250. The molecule has 72 valence electrons. The zero-order valence-electron chi connectivity index (χ0n) is 8.18. The average Bonchev–Trinajstić information content (AvgIpc) is 2.72. The van der Waals surface area contributed by atoms with E-state index in [9.17, 15) is 0 Å². The molecular formula is C12H13NO. The molecule has 0 radical (unpaired) electrons. The third-order valence-corrected chi connectivity index (χ3v) is 2.34. The van der Waals surface area contributed by atoms with Gasteiger partial charge in [-0.15, -0.1) is 0 Å². The molecule has 2 heterocycles. The fourth-order valence-corrected chi connectivity index (χ4v) is 1.52. The zero-order valence-corrected chi connectivity index (χ0v) is 8.18. The Morgan fingerprint density at radius 1 is 1.36 bits per heavy atom. The maximum absolute atomic E-state index is 5.31. The van der Waals surface area contributed by atoms with Crippen LogP contribution in [0.5, 0.6) is 0 Å². The first kappa shape index (κ1) is 9.00. The first-order valence-corrected chi connectivity index (χ1v) is 4.78. The lowest BCUT2D eigenvalue weighted by molar-refractivity contribution is 0.492. The topological polar surface area (TPSA) is 26.0 Å². The van der Waals surface area contributed by atoms with Crippen molar-refractivity contribution in [1.29, 1.82) is 0 Å². The van der Waals surface area contributed by atoms with E-state index in [1.165, 1.54) is 5.56 Å². The van der Waals surface area contributed by atoms with Crippen LogP contribution >= 0.6 is 0 Å². The SMILES string of the molecule is CC(Cc1ccco1)c1cccnc1. The van der Waals surface area contributed by atoms with Crippen LogP contribution in [0.4, 0.5) is 0 Å². The molecule has 0 saturated heterocycles. The molecule has 2 heteroatoms. The third kappa shape index (κ3) is 2.02. The molecule has 0 saturated carbocycles. The van der Waals surface area contributed by atoms with E-state index in [1.54, 1.807) is 12.5 Å². The van der Waals surface area contributed by atoms with Crippen molar-refractivity contribution in [1.82, 2.24) is 4.98 Å². The molecule has 0 aromatic carbocycles. The van der Waals surface area contributed by atoms with Crippen molar-refractivity contribution in [3.05, 3.63) is 54.2 Å². The van der Waals surface area contributed by atoms with Crippen LogP contribution in [-0.2, 0) is 6.42 Å². The lowest BCUT2D eigenvalue weighted by Gasteiger charge is -2.08. The van der Waals surface area contributed by atoms with Gasteiger partial charge in [0.05, 0.1) is 6.26 Å². The van der Waals surface area contributed by atoms with Crippen molar-refractivity contribution in [2.24, 2.45) is 0 Å². The van der Waals surface area contributed by atoms with Crippen LogP contribution in [0, 0.1) is 0 Å². The molecule has 0 aliphatic heterocycles. The van der Waals surface area contributed by atoms with E-state index in [1.807, 2.05) is 24.4 Å². The highest BCUT2D eigenvalue weighted by Crippen LogP contribution is 2.19. The normalized spacial score (nSPS) is 12.6. The summed E-state index contributed by atoms with van der Waals surface area (Å²) in [6, 6.07) is 7.99.